The summed E-state index contributed by atoms with van der Waals surface area (Å²) >= 11 is 0. The van der Waals surface area contributed by atoms with Crippen LogP contribution in [0.3, 0.4) is 0 Å². The number of rotatable bonds is 8. The third kappa shape index (κ3) is 6.28. The first-order valence-corrected chi connectivity index (χ1v) is 7.56. The van der Waals surface area contributed by atoms with Crippen LogP contribution in [0.1, 0.15) is 25.8 Å². The number of methoxy groups -OCH3 is 2. The maximum Gasteiger partial charge on any atom is 0.328 e. The molecular formula is C17H25NO5. The summed E-state index contributed by atoms with van der Waals surface area (Å²) in [5.74, 6) is -0.234. The summed E-state index contributed by atoms with van der Waals surface area (Å²) in [6.07, 6.45) is -0.531. The van der Waals surface area contributed by atoms with Crippen LogP contribution in [-0.2, 0) is 20.7 Å². The van der Waals surface area contributed by atoms with E-state index in [1.54, 1.807) is 19.2 Å². The van der Waals surface area contributed by atoms with E-state index in [2.05, 4.69) is 5.32 Å². The highest BCUT2D eigenvalue weighted by atomic mass is 16.5. The fourth-order valence-corrected chi connectivity index (χ4v) is 2.15. The minimum Gasteiger partial charge on any atom is -0.497 e. The molecule has 0 aliphatic heterocycles. The Hall–Kier alpha value is -2.08. The molecule has 2 N–H and O–H groups in total. The molecule has 0 spiro atoms. The van der Waals surface area contributed by atoms with E-state index in [0.717, 1.165) is 5.56 Å². The van der Waals surface area contributed by atoms with Crippen molar-refractivity contribution < 1.29 is 24.2 Å². The molecule has 0 aliphatic carbocycles. The van der Waals surface area contributed by atoms with E-state index in [4.69, 9.17) is 9.47 Å². The molecule has 0 saturated heterocycles. The molecule has 6 nitrogen and oxygen atoms in total. The zero-order chi connectivity index (χ0) is 17.4. The molecule has 0 aromatic heterocycles. The summed E-state index contributed by atoms with van der Waals surface area (Å²) in [5.41, 5.74) is 0.847. The summed E-state index contributed by atoms with van der Waals surface area (Å²) in [6.45, 7) is 3.82. The Balaban J connectivity index is 2.75. The van der Waals surface area contributed by atoms with Crippen LogP contribution in [0.15, 0.2) is 24.3 Å². The predicted octanol–water partition coefficient (Wildman–Crippen LogP) is 1.30. The van der Waals surface area contributed by atoms with Crippen molar-refractivity contribution in [2.75, 3.05) is 14.2 Å². The number of aliphatic hydroxyl groups excluding tert-OH is 1. The Morgan fingerprint density at radius 1 is 1.17 bits per heavy atom. The number of benzene rings is 1. The Bertz CT molecular complexity index is 512. The molecular weight excluding hydrogens is 298 g/mol. The summed E-state index contributed by atoms with van der Waals surface area (Å²) < 4.78 is 9.81. The van der Waals surface area contributed by atoms with Crippen molar-refractivity contribution in [2.45, 2.75) is 38.8 Å². The Labute approximate surface area is 136 Å². The van der Waals surface area contributed by atoms with Gasteiger partial charge in [-0.3, -0.25) is 4.79 Å². The van der Waals surface area contributed by atoms with E-state index < -0.39 is 24.0 Å². The number of esters is 1. The largest absolute Gasteiger partial charge is 0.497 e. The quantitative estimate of drug-likeness (QED) is 0.705. The molecule has 0 bridgehead atoms. The second kappa shape index (κ2) is 9.15. The number of nitrogens with one attached hydrogen (secondary N) is 1. The molecule has 1 amide bonds. The lowest BCUT2D eigenvalue weighted by atomic mass is 10.0. The molecule has 0 fully saturated rings. The zero-order valence-electron chi connectivity index (χ0n) is 14.0. The van der Waals surface area contributed by atoms with Gasteiger partial charge in [-0.1, -0.05) is 26.0 Å². The van der Waals surface area contributed by atoms with Crippen molar-refractivity contribution >= 4 is 11.9 Å². The zero-order valence-corrected chi connectivity index (χ0v) is 14.0. The molecule has 0 unspecified atom stereocenters. The van der Waals surface area contributed by atoms with Crippen LogP contribution in [0.2, 0.25) is 0 Å². The van der Waals surface area contributed by atoms with Crippen LogP contribution >= 0.6 is 0 Å². The number of hydrogen-bond acceptors (Lipinski definition) is 5. The molecule has 0 aliphatic rings. The van der Waals surface area contributed by atoms with Crippen LogP contribution in [-0.4, -0.2) is 43.3 Å². The summed E-state index contributed by atoms with van der Waals surface area (Å²) in [5, 5.41) is 12.4. The Kier molecular flexibility index (Phi) is 7.54. The molecule has 23 heavy (non-hydrogen) atoms. The van der Waals surface area contributed by atoms with Gasteiger partial charge in [0.05, 0.1) is 14.2 Å². The van der Waals surface area contributed by atoms with E-state index in [1.807, 2.05) is 26.0 Å². The van der Waals surface area contributed by atoms with Crippen molar-refractivity contribution in [3.63, 3.8) is 0 Å². The average Bonchev–Trinajstić information content (AvgIpc) is 2.53. The van der Waals surface area contributed by atoms with E-state index in [1.165, 1.54) is 7.11 Å². The molecule has 6 heteroatoms. The number of carbonyl (C=O) groups is 2. The SMILES string of the molecule is COC(=O)[C@@H](Cc1ccc(OC)cc1)NC(=O)[C@H](O)CC(C)C. The third-order valence-corrected chi connectivity index (χ3v) is 3.40. The van der Waals surface area contributed by atoms with Crippen LogP contribution in [0, 0.1) is 5.92 Å². The smallest absolute Gasteiger partial charge is 0.328 e. The van der Waals surface area contributed by atoms with Gasteiger partial charge in [0.25, 0.3) is 0 Å². The molecule has 0 radical (unpaired) electrons. The molecule has 1 aromatic rings. The summed E-state index contributed by atoms with van der Waals surface area (Å²) in [6, 6.07) is 6.33. The highest BCUT2D eigenvalue weighted by Gasteiger charge is 2.25. The van der Waals surface area contributed by atoms with Gasteiger partial charge in [0, 0.05) is 6.42 Å². The number of hydrogen-bond donors (Lipinski definition) is 2. The van der Waals surface area contributed by atoms with Gasteiger partial charge in [0.15, 0.2) is 0 Å². The normalized spacial score (nSPS) is 13.3. The average molecular weight is 323 g/mol. The van der Waals surface area contributed by atoms with Crippen LogP contribution in [0.4, 0.5) is 0 Å². The summed E-state index contributed by atoms with van der Waals surface area (Å²) in [7, 11) is 2.84. The fraction of sp³-hybridized carbons (Fsp3) is 0.529. The fourth-order valence-electron chi connectivity index (χ4n) is 2.15. The first kappa shape index (κ1) is 19.0. The number of ether oxygens (including phenoxy) is 2. The van der Waals surface area contributed by atoms with Crippen LogP contribution in [0.25, 0.3) is 0 Å². The highest BCUT2D eigenvalue weighted by Crippen LogP contribution is 2.13. The highest BCUT2D eigenvalue weighted by molar-refractivity contribution is 5.87. The minimum absolute atomic E-state index is 0.175. The lowest BCUT2D eigenvalue weighted by Crippen LogP contribution is -2.47. The van der Waals surface area contributed by atoms with Crippen molar-refractivity contribution in [1.82, 2.24) is 5.32 Å². The molecule has 0 saturated carbocycles. The van der Waals surface area contributed by atoms with Gasteiger partial charge in [-0.2, -0.15) is 0 Å². The molecule has 1 aromatic carbocycles. The van der Waals surface area contributed by atoms with Gasteiger partial charge in [0.1, 0.15) is 17.9 Å². The topological polar surface area (TPSA) is 84.9 Å². The Morgan fingerprint density at radius 2 is 1.78 bits per heavy atom. The van der Waals surface area contributed by atoms with Crippen LogP contribution < -0.4 is 10.1 Å². The van der Waals surface area contributed by atoms with Crippen molar-refractivity contribution in [1.29, 1.82) is 0 Å². The number of amides is 1. The predicted molar refractivity (Wildman–Crippen MR) is 86.1 cm³/mol. The molecule has 128 valence electrons. The maximum atomic E-state index is 12.0. The van der Waals surface area contributed by atoms with Gasteiger partial charge in [-0.15, -0.1) is 0 Å². The van der Waals surface area contributed by atoms with Crippen LogP contribution in [0.5, 0.6) is 5.75 Å². The first-order chi connectivity index (χ1) is 10.9. The van der Waals surface area contributed by atoms with Crippen molar-refractivity contribution in [2.24, 2.45) is 5.92 Å². The Morgan fingerprint density at radius 3 is 2.26 bits per heavy atom. The van der Waals surface area contributed by atoms with Gasteiger partial charge >= 0.3 is 5.97 Å². The lowest BCUT2D eigenvalue weighted by Gasteiger charge is -2.19. The molecule has 2 atom stereocenters. The van der Waals surface area contributed by atoms with Crippen molar-refractivity contribution in [3.8, 4) is 5.75 Å². The van der Waals surface area contributed by atoms with Crippen molar-refractivity contribution in [3.05, 3.63) is 29.8 Å². The first-order valence-electron chi connectivity index (χ1n) is 7.56. The summed E-state index contributed by atoms with van der Waals surface area (Å²) in [4.78, 5) is 23.9. The second-order valence-electron chi connectivity index (χ2n) is 5.78. The maximum absolute atomic E-state index is 12.0. The van der Waals surface area contributed by atoms with E-state index in [0.29, 0.717) is 12.2 Å². The van der Waals surface area contributed by atoms with Gasteiger partial charge in [0.2, 0.25) is 5.91 Å². The van der Waals surface area contributed by atoms with E-state index in [-0.39, 0.29) is 12.3 Å². The standard InChI is InChI=1S/C17H25NO5/c1-11(2)9-15(19)16(20)18-14(17(21)23-4)10-12-5-7-13(22-3)8-6-12/h5-8,11,14-15,19H,9-10H2,1-4H3,(H,18,20)/t14-,15-/m1/s1. The van der Waals surface area contributed by atoms with Gasteiger partial charge in [-0.25, -0.2) is 4.79 Å². The monoisotopic (exact) mass is 323 g/mol. The van der Waals surface area contributed by atoms with Gasteiger partial charge in [-0.05, 0) is 30.0 Å². The number of aliphatic hydroxyl groups is 1. The third-order valence-electron chi connectivity index (χ3n) is 3.40. The molecule has 1 rings (SSSR count). The van der Waals surface area contributed by atoms with E-state index >= 15 is 0 Å². The second-order valence-corrected chi connectivity index (χ2v) is 5.78. The molecule has 0 heterocycles. The number of carbonyl (C=O) groups excluding carboxylic acids is 2. The van der Waals surface area contributed by atoms with E-state index in [9.17, 15) is 14.7 Å². The lowest BCUT2D eigenvalue weighted by molar-refractivity contribution is -0.146. The minimum atomic E-state index is -1.14. The van der Waals surface area contributed by atoms with Gasteiger partial charge < -0.3 is 19.9 Å².